The number of carbonyl (C=O) groups excluding carboxylic acids is 3. The van der Waals surface area contributed by atoms with E-state index in [4.69, 9.17) is 11.6 Å². The van der Waals surface area contributed by atoms with E-state index in [1.54, 1.807) is 56.3 Å². The predicted molar refractivity (Wildman–Crippen MR) is 100 cm³/mol. The highest BCUT2D eigenvalue weighted by molar-refractivity contribution is 6.31. The minimum atomic E-state index is -0.916. The van der Waals surface area contributed by atoms with Crippen LogP contribution in [0.15, 0.2) is 42.5 Å². The highest BCUT2D eigenvalue weighted by atomic mass is 35.5. The van der Waals surface area contributed by atoms with Gasteiger partial charge in [0.1, 0.15) is 6.04 Å². The molecule has 1 aliphatic rings. The van der Waals surface area contributed by atoms with Crippen LogP contribution in [-0.4, -0.2) is 28.7 Å². The van der Waals surface area contributed by atoms with Crippen LogP contribution in [0.1, 0.15) is 40.1 Å². The van der Waals surface area contributed by atoms with Gasteiger partial charge in [0.05, 0.1) is 11.1 Å². The molecule has 0 saturated heterocycles. The summed E-state index contributed by atoms with van der Waals surface area (Å²) < 4.78 is 0. The summed E-state index contributed by atoms with van der Waals surface area (Å²) in [4.78, 5) is 39.5. The summed E-state index contributed by atoms with van der Waals surface area (Å²) in [6.45, 7) is 5.45. The van der Waals surface area contributed by atoms with Gasteiger partial charge in [-0.3, -0.25) is 19.3 Å². The van der Waals surface area contributed by atoms with Crippen LogP contribution in [0.3, 0.4) is 0 Å². The minimum Gasteiger partial charge on any atom is -0.324 e. The highest BCUT2D eigenvalue weighted by Crippen LogP contribution is 2.28. The van der Waals surface area contributed by atoms with Crippen molar-refractivity contribution in [3.05, 3.63) is 64.2 Å². The van der Waals surface area contributed by atoms with E-state index in [0.717, 1.165) is 10.5 Å². The molecule has 5 nitrogen and oxygen atoms in total. The number of carbonyl (C=O) groups is 3. The van der Waals surface area contributed by atoms with Gasteiger partial charge in [-0.25, -0.2) is 0 Å². The van der Waals surface area contributed by atoms with E-state index >= 15 is 0 Å². The van der Waals surface area contributed by atoms with E-state index in [1.165, 1.54) is 0 Å². The number of imide groups is 1. The Balaban J connectivity index is 1.93. The number of anilines is 1. The van der Waals surface area contributed by atoms with Gasteiger partial charge in [0.25, 0.3) is 11.8 Å². The lowest BCUT2D eigenvalue weighted by Gasteiger charge is -2.28. The zero-order valence-corrected chi connectivity index (χ0v) is 15.5. The summed E-state index contributed by atoms with van der Waals surface area (Å²) in [6, 6.07) is 10.9. The average Bonchev–Trinajstić information content (AvgIpc) is 2.84. The van der Waals surface area contributed by atoms with Gasteiger partial charge in [-0.2, -0.15) is 0 Å². The van der Waals surface area contributed by atoms with Crippen molar-refractivity contribution in [1.82, 2.24) is 4.90 Å². The highest BCUT2D eigenvalue weighted by Gasteiger charge is 2.43. The first-order valence-corrected chi connectivity index (χ1v) is 8.73. The maximum absolute atomic E-state index is 12.9. The predicted octanol–water partition coefficient (Wildman–Crippen LogP) is 3.91. The number of halogens is 1. The van der Waals surface area contributed by atoms with E-state index in [-0.39, 0.29) is 5.92 Å². The molecule has 1 unspecified atom stereocenters. The molecule has 1 aliphatic heterocycles. The molecule has 2 aromatic carbocycles. The lowest BCUT2D eigenvalue weighted by Crippen LogP contribution is -2.50. The number of amides is 3. The molecule has 134 valence electrons. The normalized spacial score (nSPS) is 14.6. The van der Waals surface area contributed by atoms with Crippen LogP contribution in [-0.2, 0) is 4.79 Å². The molecule has 3 amide bonds. The standard InChI is InChI=1S/C20H19ClN2O3/c1-11(2)17(18(24)22-16-10-13(21)9-8-12(16)3)23-19(25)14-6-4-5-7-15(14)20(23)26/h4-11,17H,1-3H3,(H,22,24). The first kappa shape index (κ1) is 18.1. The third-order valence-electron chi connectivity index (χ3n) is 4.46. The van der Waals surface area contributed by atoms with Crippen molar-refractivity contribution in [2.45, 2.75) is 26.8 Å². The van der Waals surface area contributed by atoms with Gasteiger partial charge in [-0.1, -0.05) is 43.6 Å². The molecule has 6 heteroatoms. The van der Waals surface area contributed by atoms with Gasteiger partial charge < -0.3 is 5.32 Å². The molecule has 1 heterocycles. The van der Waals surface area contributed by atoms with Gasteiger partial charge in [0.2, 0.25) is 5.91 Å². The molecule has 1 atom stereocenters. The molecule has 1 N–H and O–H groups in total. The summed E-state index contributed by atoms with van der Waals surface area (Å²) in [5, 5.41) is 3.30. The number of hydrogen-bond acceptors (Lipinski definition) is 3. The molecule has 0 aliphatic carbocycles. The van der Waals surface area contributed by atoms with Crippen molar-refractivity contribution >= 4 is 35.0 Å². The Morgan fingerprint density at radius 2 is 1.62 bits per heavy atom. The second-order valence-corrected chi connectivity index (χ2v) is 7.10. The van der Waals surface area contributed by atoms with Gasteiger partial charge in [0, 0.05) is 10.7 Å². The Labute approximate surface area is 156 Å². The maximum atomic E-state index is 12.9. The molecule has 3 rings (SSSR count). The van der Waals surface area contributed by atoms with Crippen LogP contribution in [0.5, 0.6) is 0 Å². The fourth-order valence-electron chi connectivity index (χ4n) is 3.11. The SMILES string of the molecule is Cc1ccc(Cl)cc1NC(=O)C(C(C)C)N1C(=O)c2ccccc2C1=O. The fraction of sp³-hybridized carbons (Fsp3) is 0.250. The largest absolute Gasteiger partial charge is 0.324 e. The summed E-state index contributed by atoms with van der Waals surface area (Å²) in [5.74, 6) is -1.55. The van der Waals surface area contributed by atoms with E-state index in [1.807, 2.05) is 6.92 Å². The third-order valence-corrected chi connectivity index (χ3v) is 4.70. The Hall–Kier alpha value is -2.66. The first-order chi connectivity index (χ1) is 12.3. The molecule has 0 fully saturated rings. The number of fused-ring (bicyclic) bond motifs is 1. The molecule has 0 aromatic heterocycles. The topological polar surface area (TPSA) is 66.5 Å². The number of rotatable bonds is 4. The monoisotopic (exact) mass is 370 g/mol. The number of aryl methyl sites for hydroxylation is 1. The summed E-state index contributed by atoms with van der Waals surface area (Å²) >= 11 is 6.01. The molecule has 0 spiro atoms. The number of benzene rings is 2. The molecular weight excluding hydrogens is 352 g/mol. The Morgan fingerprint density at radius 1 is 1.04 bits per heavy atom. The lowest BCUT2D eigenvalue weighted by atomic mass is 10.0. The van der Waals surface area contributed by atoms with Crippen LogP contribution < -0.4 is 5.32 Å². The van der Waals surface area contributed by atoms with Gasteiger partial charge in [-0.05, 0) is 42.7 Å². The number of nitrogens with one attached hydrogen (secondary N) is 1. The lowest BCUT2D eigenvalue weighted by molar-refractivity contribution is -0.121. The minimum absolute atomic E-state index is 0.253. The van der Waals surface area contributed by atoms with Crippen LogP contribution >= 0.6 is 11.6 Å². The third kappa shape index (κ3) is 3.10. The molecule has 26 heavy (non-hydrogen) atoms. The van der Waals surface area contributed by atoms with Crippen LogP contribution in [0.25, 0.3) is 0 Å². The molecule has 0 bridgehead atoms. The van der Waals surface area contributed by atoms with Crippen molar-refractivity contribution in [1.29, 1.82) is 0 Å². The summed E-state index contributed by atoms with van der Waals surface area (Å²) in [5.41, 5.74) is 2.06. The molecular formula is C20H19ClN2O3. The van der Waals surface area contributed by atoms with Crippen molar-refractivity contribution in [3.63, 3.8) is 0 Å². The second-order valence-electron chi connectivity index (χ2n) is 6.66. The van der Waals surface area contributed by atoms with E-state index in [0.29, 0.717) is 21.8 Å². The van der Waals surface area contributed by atoms with Crippen molar-refractivity contribution in [2.24, 2.45) is 5.92 Å². The maximum Gasteiger partial charge on any atom is 0.262 e. The molecule has 0 radical (unpaired) electrons. The van der Waals surface area contributed by atoms with Crippen molar-refractivity contribution in [2.75, 3.05) is 5.32 Å². The fourth-order valence-corrected chi connectivity index (χ4v) is 3.29. The van der Waals surface area contributed by atoms with Crippen LogP contribution in [0, 0.1) is 12.8 Å². The number of hydrogen-bond donors (Lipinski definition) is 1. The molecule has 0 saturated carbocycles. The Bertz CT molecular complexity index is 873. The van der Waals surface area contributed by atoms with Crippen molar-refractivity contribution in [3.8, 4) is 0 Å². The van der Waals surface area contributed by atoms with E-state index in [2.05, 4.69) is 5.32 Å². The number of nitrogens with zero attached hydrogens (tertiary/aromatic N) is 1. The second kappa shape index (κ2) is 6.92. The Morgan fingerprint density at radius 3 is 2.15 bits per heavy atom. The van der Waals surface area contributed by atoms with Crippen LogP contribution in [0.4, 0.5) is 5.69 Å². The van der Waals surface area contributed by atoms with Crippen LogP contribution in [0.2, 0.25) is 5.02 Å². The van der Waals surface area contributed by atoms with Gasteiger partial charge in [-0.15, -0.1) is 0 Å². The quantitative estimate of drug-likeness (QED) is 0.830. The van der Waals surface area contributed by atoms with Crippen molar-refractivity contribution < 1.29 is 14.4 Å². The van der Waals surface area contributed by atoms with E-state index < -0.39 is 23.8 Å². The summed E-state index contributed by atoms with van der Waals surface area (Å²) in [6.07, 6.45) is 0. The smallest absolute Gasteiger partial charge is 0.262 e. The first-order valence-electron chi connectivity index (χ1n) is 8.35. The Kier molecular flexibility index (Phi) is 4.83. The molecule has 2 aromatic rings. The van der Waals surface area contributed by atoms with Gasteiger partial charge >= 0.3 is 0 Å². The average molecular weight is 371 g/mol. The zero-order valence-electron chi connectivity index (χ0n) is 14.7. The zero-order chi connectivity index (χ0) is 19.0. The summed E-state index contributed by atoms with van der Waals surface area (Å²) in [7, 11) is 0. The van der Waals surface area contributed by atoms with Gasteiger partial charge in [0.15, 0.2) is 0 Å². The van der Waals surface area contributed by atoms with E-state index in [9.17, 15) is 14.4 Å².